The van der Waals surface area contributed by atoms with E-state index >= 15 is 0 Å². The second-order valence-corrected chi connectivity index (χ2v) is 18.6. The van der Waals surface area contributed by atoms with Crippen molar-refractivity contribution in [2.45, 2.75) is 110 Å². The fraction of sp³-hybridized carbons (Fsp3) is 0.594. The van der Waals surface area contributed by atoms with Crippen LogP contribution < -0.4 is 0 Å². The average molecular weight is 569 g/mol. The number of carbonyl (C=O) groups excluding carboxylic acids is 1. The first kappa shape index (κ1) is 31.8. The summed E-state index contributed by atoms with van der Waals surface area (Å²) in [6.07, 6.45) is 6.09. The van der Waals surface area contributed by atoms with Gasteiger partial charge in [-0.05, 0) is 89.2 Å². The average Bonchev–Trinajstić information content (AvgIpc) is 2.85. The fourth-order valence-corrected chi connectivity index (χ4v) is 6.12. The van der Waals surface area contributed by atoms with Crippen molar-refractivity contribution in [3.05, 3.63) is 47.7 Å². The van der Waals surface area contributed by atoms with Crippen LogP contribution in [0.15, 0.2) is 36.4 Å². The highest BCUT2D eigenvalue weighted by Gasteiger charge is 2.44. The molecule has 1 aliphatic carbocycles. The van der Waals surface area contributed by atoms with Crippen molar-refractivity contribution in [3.8, 4) is 0 Å². The standard InChI is InChI=1S/C32H48N2O5Si/c1-22(34(8)29(37)38-30(2,3)4)26-14-13-24-12-11-23(21-27(24)33-26)15-18-32(28(35)36)19-16-25(17-20-32)39-40(9,10)31(5,6)7/h11-15,18,21-22,25H,16-17,19-20H2,1-10H3,(H,35,36). The minimum atomic E-state index is -1.90. The van der Waals surface area contributed by atoms with Gasteiger partial charge >= 0.3 is 12.1 Å². The number of carbonyl (C=O) groups is 2. The number of nitrogens with zero attached hydrogens (tertiary/aromatic N) is 2. The summed E-state index contributed by atoms with van der Waals surface area (Å²) in [6.45, 7) is 18.6. The highest BCUT2D eigenvalue weighted by Crippen LogP contribution is 2.43. The summed E-state index contributed by atoms with van der Waals surface area (Å²) in [5.74, 6) is -0.783. The highest BCUT2D eigenvalue weighted by atomic mass is 28.4. The number of hydrogen-bond donors (Lipinski definition) is 1. The SMILES string of the molecule is CC(c1ccc2ccc(C=CC3(C(=O)O)CCC(O[Si](C)(C)C(C)(C)C)CC3)cc2n1)N(C)C(=O)OC(C)(C)C. The Bertz CT molecular complexity index is 1250. The second-order valence-electron chi connectivity index (χ2n) is 13.8. The maximum Gasteiger partial charge on any atom is 0.410 e. The minimum absolute atomic E-state index is 0.117. The first-order chi connectivity index (χ1) is 18.3. The van der Waals surface area contributed by atoms with Crippen LogP contribution in [0.3, 0.4) is 0 Å². The van der Waals surface area contributed by atoms with E-state index in [1.54, 1.807) is 11.9 Å². The molecule has 40 heavy (non-hydrogen) atoms. The normalized spacial score (nSPS) is 21.4. The van der Waals surface area contributed by atoms with Crippen LogP contribution in [0.25, 0.3) is 17.0 Å². The first-order valence-electron chi connectivity index (χ1n) is 14.3. The van der Waals surface area contributed by atoms with Crippen molar-refractivity contribution < 1.29 is 23.9 Å². The van der Waals surface area contributed by atoms with Gasteiger partial charge in [-0.25, -0.2) is 4.79 Å². The van der Waals surface area contributed by atoms with Gasteiger partial charge in [0.2, 0.25) is 0 Å². The lowest BCUT2D eigenvalue weighted by atomic mass is 9.73. The summed E-state index contributed by atoms with van der Waals surface area (Å²) in [5.41, 5.74) is 0.963. The number of benzene rings is 1. The molecular formula is C32H48N2O5Si. The van der Waals surface area contributed by atoms with Gasteiger partial charge in [-0.1, -0.05) is 51.1 Å². The van der Waals surface area contributed by atoms with Crippen molar-refractivity contribution in [1.29, 1.82) is 0 Å². The van der Waals surface area contributed by atoms with Gasteiger partial charge in [0.05, 0.1) is 22.7 Å². The quantitative estimate of drug-likeness (QED) is 0.339. The molecule has 0 aliphatic heterocycles. The number of fused-ring (bicyclic) bond motifs is 1. The summed E-state index contributed by atoms with van der Waals surface area (Å²) in [4.78, 5) is 31.4. The van der Waals surface area contributed by atoms with Crippen molar-refractivity contribution in [2.75, 3.05) is 7.05 Å². The van der Waals surface area contributed by atoms with E-state index in [2.05, 4.69) is 33.9 Å². The Balaban J connectivity index is 1.77. The molecule has 1 aromatic carbocycles. The van der Waals surface area contributed by atoms with Crippen molar-refractivity contribution in [1.82, 2.24) is 9.88 Å². The molecule has 1 unspecified atom stereocenters. The van der Waals surface area contributed by atoms with Gasteiger partial charge in [0, 0.05) is 18.5 Å². The van der Waals surface area contributed by atoms with Gasteiger partial charge in [-0.2, -0.15) is 0 Å². The van der Waals surface area contributed by atoms with Gasteiger partial charge in [0.15, 0.2) is 8.32 Å². The topological polar surface area (TPSA) is 89.0 Å². The van der Waals surface area contributed by atoms with Crippen LogP contribution in [-0.2, 0) is 14.0 Å². The third kappa shape index (κ3) is 7.52. The molecule has 1 heterocycles. The molecule has 1 aliphatic rings. The minimum Gasteiger partial charge on any atom is -0.481 e. The number of ether oxygens (including phenoxy) is 1. The zero-order valence-corrected chi connectivity index (χ0v) is 27.0. The lowest BCUT2D eigenvalue weighted by Crippen LogP contribution is -2.46. The molecule has 8 heteroatoms. The van der Waals surface area contributed by atoms with Crippen LogP contribution in [0, 0.1) is 5.41 Å². The Morgan fingerprint density at radius 2 is 1.70 bits per heavy atom. The van der Waals surface area contributed by atoms with Crippen LogP contribution >= 0.6 is 0 Å². The number of rotatable bonds is 7. The molecule has 2 aromatic rings. The molecule has 1 aromatic heterocycles. The summed E-state index contributed by atoms with van der Waals surface area (Å²) >= 11 is 0. The number of pyridine rings is 1. The molecular weight excluding hydrogens is 520 g/mol. The van der Waals surface area contributed by atoms with E-state index < -0.39 is 31.4 Å². The molecule has 1 atom stereocenters. The van der Waals surface area contributed by atoms with Gasteiger partial charge in [-0.3, -0.25) is 9.78 Å². The zero-order valence-electron chi connectivity index (χ0n) is 26.0. The number of aromatic nitrogens is 1. The molecule has 1 amide bonds. The number of amides is 1. The summed E-state index contributed by atoms with van der Waals surface area (Å²) < 4.78 is 12.1. The Kier molecular flexibility index (Phi) is 9.26. The lowest BCUT2D eigenvalue weighted by molar-refractivity contribution is -0.148. The molecule has 7 nitrogen and oxygen atoms in total. The second kappa shape index (κ2) is 11.6. The molecule has 1 N–H and O–H groups in total. The Morgan fingerprint density at radius 1 is 1.10 bits per heavy atom. The molecule has 1 fully saturated rings. The van der Waals surface area contributed by atoms with E-state index in [1.165, 1.54) is 0 Å². The smallest absolute Gasteiger partial charge is 0.410 e. The maximum absolute atomic E-state index is 12.6. The Morgan fingerprint density at radius 3 is 2.25 bits per heavy atom. The van der Waals surface area contributed by atoms with E-state index in [4.69, 9.17) is 14.1 Å². The van der Waals surface area contributed by atoms with Crippen LogP contribution in [-0.4, -0.2) is 54.1 Å². The zero-order chi connectivity index (χ0) is 30.1. The first-order valence-corrected chi connectivity index (χ1v) is 17.2. The fourth-order valence-electron chi connectivity index (χ4n) is 4.70. The van der Waals surface area contributed by atoms with Gasteiger partial charge < -0.3 is 19.2 Å². The summed E-state index contributed by atoms with van der Waals surface area (Å²) in [6, 6.07) is 9.58. The molecule has 0 bridgehead atoms. The molecule has 0 radical (unpaired) electrons. The van der Waals surface area contributed by atoms with Crippen molar-refractivity contribution in [2.24, 2.45) is 5.41 Å². The maximum atomic E-state index is 12.6. The number of hydrogen-bond acceptors (Lipinski definition) is 5. The van der Waals surface area contributed by atoms with Crippen molar-refractivity contribution >= 4 is 37.4 Å². The Labute approximate surface area is 241 Å². The van der Waals surface area contributed by atoms with Gasteiger partial charge in [0.1, 0.15) is 5.60 Å². The number of aliphatic carboxylic acids is 1. The van der Waals surface area contributed by atoms with Gasteiger partial charge in [-0.15, -0.1) is 0 Å². The van der Waals surface area contributed by atoms with Crippen LogP contribution in [0.4, 0.5) is 4.79 Å². The van der Waals surface area contributed by atoms with E-state index in [9.17, 15) is 14.7 Å². The Hall–Kier alpha value is -2.71. The number of carboxylic acid groups (broad SMARTS) is 1. The summed E-state index contributed by atoms with van der Waals surface area (Å²) in [5, 5.41) is 11.3. The molecule has 1 saturated carbocycles. The number of carboxylic acids is 1. The van der Waals surface area contributed by atoms with Gasteiger partial charge in [0.25, 0.3) is 0 Å². The molecule has 0 saturated heterocycles. The third-order valence-electron chi connectivity index (χ3n) is 8.54. The molecule has 220 valence electrons. The highest BCUT2D eigenvalue weighted by molar-refractivity contribution is 6.74. The van der Waals surface area contributed by atoms with Crippen LogP contribution in [0.2, 0.25) is 18.1 Å². The summed E-state index contributed by atoms with van der Waals surface area (Å²) in [7, 11) is -0.192. The van der Waals surface area contributed by atoms with E-state index in [0.29, 0.717) is 12.8 Å². The largest absolute Gasteiger partial charge is 0.481 e. The van der Waals surface area contributed by atoms with Crippen LogP contribution in [0.5, 0.6) is 0 Å². The third-order valence-corrected chi connectivity index (χ3v) is 13.1. The predicted molar refractivity (Wildman–Crippen MR) is 164 cm³/mol. The lowest BCUT2D eigenvalue weighted by Gasteiger charge is -2.42. The van der Waals surface area contributed by atoms with E-state index in [1.807, 2.05) is 70.2 Å². The van der Waals surface area contributed by atoms with E-state index in [0.717, 1.165) is 35.0 Å². The molecule has 0 spiro atoms. The molecule has 3 rings (SSSR count). The van der Waals surface area contributed by atoms with Crippen LogP contribution in [0.1, 0.15) is 91.4 Å². The predicted octanol–water partition coefficient (Wildman–Crippen LogP) is 8.21. The monoisotopic (exact) mass is 568 g/mol. The van der Waals surface area contributed by atoms with E-state index in [-0.39, 0.29) is 17.2 Å². The van der Waals surface area contributed by atoms with Crippen molar-refractivity contribution in [3.63, 3.8) is 0 Å².